The Morgan fingerprint density at radius 3 is 2.61 bits per heavy atom. The zero-order valence-corrected chi connectivity index (χ0v) is 16.7. The Bertz CT molecular complexity index is 1130. The van der Waals surface area contributed by atoms with Gasteiger partial charge in [-0.05, 0) is 42.7 Å². The molecule has 0 saturated carbocycles. The predicted octanol–water partition coefficient (Wildman–Crippen LogP) is 4.81. The summed E-state index contributed by atoms with van der Waals surface area (Å²) in [5.41, 5.74) is 2.13. The minimum Gasteiger partial charge on any atom is -0.487 e. The van der Waals surface area contributed by atoms with Crippen molar-refractivity contribution >= 4 is 34.1 Å². The first-order valence-electron chi connectivity index (χ1n) is 9.28. The van der Waals surface area contributed by atoms with Crippen molar-refractivity contribution in [3.8, 4) is 5.75 Å². The molecule has 1 aliphatic rings. The van der Waals surface area contributed by atoms with Crippen molar-refractivity contribution in [2.24, 2.45) is 0 Å². The number of aromatic nitrogens is 1. The van der Waals surface area contributed by atoms with Gasteiger partial charge in [0.2, 0.25) is 5.43 Å². The number of nitrogens with one attached hydrogen (secondary N) is 1. The summed E-state index contributed by atoms with van der Waals surface area (Å²) in [5, 5.41) is 3.44. The number of benzene rings is 2. The minimum absolute atomic E-state index is 0.0635. The Hall–Kier alpha value is -2.79. The van der Waals surface area contributed by atoms with Crippen LogP contribution in [-0.4, -0.2) is 16.6 Å². The van der Waals surface area contributed by atoms with Crippen molar-refractivity contribution in [2.75, 3.05) is 5.32 Å². The monoisotopic (exact) mass is 396 g/mol. The molecule has 5 nitrogen and oxygen atoms in total. The van der Waals surface area contributed by atoms with Gasteiger partial charge in [-0.2, -0.15) is 0 Å². The van der Waals surface area contributed by atoms with Gasteiger partial charge < -0.3 is 14.6 Å². The Balaban J connectivity index is 1.77. The molecule has 144 valence electrons. The number of hydrogen-bond acceptors (Lipinski definition) is 3. The maximum atomic E-state index is 13.0. The van der Waals surface area contributed by atoms with Gasteiger partial charge in [0, 0.05) is 11.9 Å². The summed E-state index contributed by atoms with van der Waals surface area (Å²) in [6.45, 7) is 6.70. The number of hydrogen-bond donors (Lipinski definition) is 1. The lowest BCUT2D eigenvalue weighted by atomic mass is 10.0. The molecule has 1 N–H and O–H groups in total. The Morgan fingerprint density at radius 1 is 1.21 bits per heavy atom. The zero-order chi connectivity index (χ0) is 20.0. The Labute approximate surface area is 167 Å². The molecule has 1 aromatic heterocycles. The summed E-state index contributed by atoms with van der Waals surface area (Å²) >= 11 is 6.31. The molecule has 0 aliphatic carbocycles. The van der Waals surface area contributed by atoms with Crippen LogP contribution >= 0.6 is 11.6 Å². The Kier molecular flexibility index (Phi) is 4.63. The number of anilines is 1. The van der Waals surface area contributed by atoms with Crippen LogP contribution in [0.5, 0.6) is 5.75 Å². The fourth-order valence-corrected chi connectivity index (χ4v) is 3.78. The quantitative estimate of drug-likeness (QED) is 0.691. The second-order valence-corrected chi connectivity index (χ2v) is 7.86. The molecule has 0 radical (unpaired) electrons. The number of ether oxygens (including phenoxy) is 1. The maximum Gasteiger partial charge on any atom is 0.261 e. The molecule has 0 saturated heterocycles. The highest BCUT2D eigenvalue weighted by atomic mass is 35.5. The largest absolute Gasteiger partial charge is 0.487 e. The molecule has 1 amide bonds. The molecule has 0 fully saturated rings. The molecule has 1 unspecified atom stereocenters. The molecule has 1 aliphatic heterocycles. The van der Waals surface area contributed by atoms with Gasteiger partial charge in [0.25, 0.3) is 5.91 Å². The van der Waals surface area contributed by atoms with Gasteiger partial charge in [0.05, 0.1) is 22.5 Å². The van der Waals surface area contributed by atoms with Gasteiger partial charge >= 0.3 is 0 Å². The van der Waals surface area contributed by atoms with Gasteiger partial charge in [-0.1, -0.05) is 37.6 Å². The summed E-state index contributed by atoms with van der Waals surface area (Å²) in [7, 11) is 0. The first-order chi connectivity index (χ1) is 13.3. The topological polar surface area (TPSA) is 60.3 Å². The number of carbonyl (C=O) groups is 1. The van der Waals surface area contributed by atoms with Crippen LogP contribution in [0.25, 0.3) is 10.9 Å². The van der Waals surface area contributed by atoms with Crippen molar-refractivity contribution in [3.05, 3.63) is 69.0 Å². The molecule has 0 spiro atoms. The van der Waals surface area contributed by atoms with Crippen LogP contribution in [0.15, 0.2) is 47.4 Å². The maximum absolute atomic E-state index is 13.0. The third-order valence-electron chi connectivity index (χ3n) is 5.00. The summed E-state index contributed by atoms with van der Waals surface area (Å²) in [4.78, 5) is 25.9. The summed E-state index contributed by atoms with van der Waals surface area (Å²) < 4.78 is 7.70. The molecule has 4 rings (SSSR count). The average Bonchev–Trinajstić information content (AvgIpc) is 2.65. The van der Waals surface area contributed by atoms with Gasteiger partial charge in [-0.3, -0.25) is 9.59 Å². The number of carbonyl (C=O) groups excluding carboxylic acids is 1. The van der Waals surface area contributed by atoms with Crippen molar-refractivity contribution in [1.29, 1.82) is 0 Å². The second-order valence-electron chi connectivity index (χ2n) is 7.45. The van der Waals surface area contributed by atoms with Crippen molar-refractivity contribution < 1.29 is 9.53 Å². The highest BCUT2D eigenvalue weighted by Crippen LogP contribution is 2.33. The summed E-state index contributed by atoms with van der Waals surface area (Å²) in [6, 6.07) is 11.0. The van der Waals surface area contributed by atoms with Crippen LogP contribution in [0.4, 0.5) is 5.69 Å². The first kappa shape index (κ1) is 18.6. The molecule has 6 heteroatoms. The normalized spacial score (nSPS) is 15.5. The number of halogens is 1. The number of amides is 1. The van der Waals surface area contributed by atoms with Crippen LogP contribution in [0.3, 0.4) is 0 Å². The standard InChI is InChI=1S/C22H21ClN2O3/c1-12(2)14-4-6-15(7-5-14)24-22(27)16-11-25-10-13(3)28-18-9-8-17(23)19(20(18)25)21(16)26/h4-9,11-13H,10H2,1-3H3,(H,24,27). The summed E-state index contributed by atoms with van der Waals surface area (Å²) in [5.74, 6) is 0.559. The number of nitrogens with zero attached hydrogens (tertiary/aromatic N) is 1. The lowest BCUT2D eigenvalue weighted by Gasteiger charge is -2.26. The van der Waals surface area contributed by atoms with Crippen molar-refractivity contribution in [1.82, 2.24) is 4.57 Å². The van der Waals surface area contributed by atoms with Crippen LogP contribution < -0.4 is 15.5 Å². The van der Waals surface area contributed by atoms with E-state index in [0.29, 0.717) is 39.8 Å². The van der Waals surface area contributed by atoms with E-state index in [2.05, 4.69) is 19.2 Å². The smallest absolute Gasteiger partial charge is 0.261 e. The zero-order valence-electron chi connectivity index (χ0n) is 16.0. The molecule has 2 heterocycles. The first-order valence-corrected chi connectivity index (χ1v) is 9.66. The van der Waals surface area contributed by atoms with Gasteiger partial charge in [-0.15, -0.1) is 0 Å². The van der Waals surface area contributed by atoms with Gasteiger partial charge in [0.15, 0.2) is 0 Å². The van der Waals surface area contributed by atoms with Crippen LogP contribution in [-0.2, 0) is 6.54 Å². The van der Waals surface area contributed by atoms with Crippen LogP contribution in [0.2, 0.25) is 5.02 Å². The fraction of sp³-hybridized carbons (Fsp3) is 0.273. The summed E-state index contributed by atoms with van der Waals surface area (Å²) in [6.07, 6.45) is 1.53. The average molecular weight is 397 g/mol. The van der Waals surface area contributed by atoms with E-state index in [1.54, 1.807) is 18.3 Å². The van der Waals surface area contributed by atoms with Crippen molar-refractivity contribution in [2.45, 2.75) is 39.3 Å². The molecule has 3 aromatic rings. The van der Waals surface area contributed by atoms with E-state index in [-0.39, 0.29) is 11.7 Å². The molecule has 28 heavy (non-hydrogen) atoms. The highest BCUT2D eigenvalue weighted by Gasteiger charge is 2.24. The van der Waals surface area contributed by atoms with Crippen LogP contribution in [0.1, 0.15) is 42.6 Å². The lowest BCUT2D eigenvalue weighted by Crippen LogP contribution is -2.30. The van der Waals surface area contributed by atoms with E-state index >= 15 is 0 Å². The van der Waals surface area contributed by atoms with E-state index in [1.165, 1.54) is 5.56 Å². The second kappa shape index (κ2) is 6.99. The van der Waals surface area contributed by atoms with E-state index in [9.17, 15) is 9.59 Å². The third-order valence-corrected chi connectivity index (χ3v) is 5.31. The van der Waals surface area contributed by atoms with Gasteiger partial charge in [-0.25, -0.2) is 0 Å². The van der Waals surface area contributed by atoms with Gasteiger partial charge in [0.1, 0.15) is 17.4 Å². The molecule has 1 atom stereocenters. The van der Waals surface area contributed by atoms with E-state index in [1.807, 2.05) is 35.8 Å². The Morgan fingerprint density at radius 2 is 1.93 bits per heavy atom. The minimum atomic E-state index is -0.450. The SMILES string of the molecule is CC1Cn2cc(C(=O)Nc3ccc(C(C)C)cc3)c(=O)c3c(Cl)ccc(c32)O1. The molecule has 0 bridgehead atoms. The third kappa shape index (κ3) is 3.16. The highest BCUT2D eigenvalue weighted by molar-refractivity contribution is 6.35. The van der Waals surface area contributed by atoms with E-state index < -0.39 is 11.3 Å². The molecular formula is C22H21ClN2O3. The number of pyridine rings is 1. The van der Waals surface area contributed by atoms with E-state index in [4.69, 9.17) is 16.3 Å². The predicted molar refractivity (Wildman–Crippen MR) is 112 cm³/mol. The molecular weight excluding hydrogens is 376 g/mol. The lowest BCUT2D eigenvalue weighted by molar-refractivity contribution is 0.102. The molecule has 2 aromatic carbocycles. The van der Waals surface area contributed by atoms with E-state index in [0.717, 1.165) is 0 Å². The number of rotatable bonds is 3. The van der Waals surface area contributed by atoms with Crippen LogP contribution in [0, 0.1) is 0 Å². The fourth-order valence-electron chi connectivity index (χ4n) is 3.54. The van der Waals surface area contributed by atoms with Crippen molar-refractivity contribution in [3.63, 3.8) is 0 Å².